The fourth-order valence-electron chi connectivity index (χ4n) is 5.09. The molecular weight excluding hydrogens is 284 g/mol. The third-order valence-corrected chi connectivity index (χ3v) is 6.21. The Labute approximate surface area is 130 Å². The second kappa shape index (κ2) is 4.34. The Morgan fingerprint density at radius 2 is 2.18 bits per heavy atom. The summed E-state index contributed by atoms with van der Waals surface area (Å²) in [7, 11) is 0. The first-order chi connectivity index (χ1) is 10.3. The number of ether oxygens (including phenoxy) is 3. The van der Waals surface area contributed by atoms with E-state index in [-0.39, 0.29) is 59.5 Å². The molecule has 0 radical (unpaired) electrons. The molecule has 2 heterocycles. The van der Waals surface area contributed by atoms with Gasteiger partial charge in [-0.25, -0.2) is 0 Å². The minimum absolute atomic E-state index is 0.108. The van der Waals surface area contributed by atoms with Crippen LogP contribution in [0.2, 0.25) is 0 Å². The van der Waals surface area contributed by atoms with Gasteiger partial charge in [-0.2, -0.15) is 0 Å². The molecule has 2 saturated carbocycles. The van der Waals surface area contributed by atoms with Gasteiger partial charge in [0, 0.05) is 25.2 Å². The van der Waals surface area contributed by atoms with E-state index < -0.39 is 0 Å². The van der Waals surface area contributed by atoms with Crippen LogP contribution >= 0.6 is 0 Å². The summed E-state index contributed by atoms with van der Waals surface area (Å²) in [6.07, 6.45) is 1.23. The zero-order valence-corrected chi connectivity index (χ0v) is 13.2. The van der Waals surface area contributed by atoms with E-state index in [9.17, 15) is 9.59 Å². The predicted octanol–water partition coefficient (Wildman–Crippen LogP) is 1.85. The second-order valence-electron chi connectivity index (χ2n) is 7.44. The van der Waals surface area contributed by atoms with Gasteiger partial charge in [-0.1, -0.05) is 19.1 Å². The van der Waals surface area contributed by atoms with E-state index in [1.807, 2.05) is 6.92 Å². The molecule has 4 aliphatic rings. The molecule has 0 spiro atoms. The molecule has 8 atom stereocenters. The van der Waals surface area contributed by atoms with Crippen LogP contribution in [0.15, 0.2) is 12.2 Å². The molecule has 0 aromatic heterocycles. The Morgan fingerprint density at radius 1 is 1.45 bits per heavy atom. The van der Waals surface area contributed by atoms with E-state index in [2.05, 4.69) is 13.5 Å². The van der Waals surface area contributed by atoms with Gasteiger partial charge in [-0.05, 0) is 19.3 Å². The highest BCUT2D eigenvalue weighted by Gasteiger charge is 2.72. The molecule has 5 nitrogen and oxygen atoms in total. The van der Waals surface area contributed by atoms with Crippen molar-refractivity contribution in [2.45, 2.75) is 57.5 Å². The Bertz CT molecular complexity index is 569. The number of fused-ring (bicyclic) bond motifs is 5. The number of carbonyl (C=O) groups is 2. The Kier molecular flexibility index (Phi) is 2.81. The number of rotatable bonds is 1. The highest BCUT2D eigenvalue weighted by molar-refractivity contribution is 5.75. The van der Waals surface area contributed by atoms with Crippen molar-refractivity contribution in [2.75, 3.05) is 0 Å². The fraction of sp³-hybridized carbons (Fsp3) is 0.765. The van der Waals surface area contributed by atoms with Gasteiger partial charge in [0.15, 0.2) is 0 Å². The second-order valence-corrected chi connectivity index (χ2v) is 7.44. The lowest BCUT2D eigenvalue weighted by atomic mass is 9.77. The van der Waals surface area contributed by atoms with Crippen LogP contribution in [0, 0.1) is 23.7 Å². The lowest BCUT2D eigenvalue weighted by Crippen LogP contribution is -2.41. The standard InChI is InChI=1S/C17H22O5/c1-7-5-11(20-9(3)18)13-8(2)16(19)21-15(13)14-10(7)6-12-17(14,4)22-12/h8,10-15H,1,5-6H2,2-4H3/t8-,10?,11-,12?,13?,14?,15-,17?/m0/s1. The fourth-order valence-corrected chi connectivity index (χ4v) is 5.09. The molecule has 5 unspecified atom stereocenters. The Hall–Kier alpha value is -1.36. The smallest absolute Gasteiger partial charge is 0.309 e. The number of hydrogen-bond donors (Lipinski definition) is 0. The number of epoxide rings is 1. The highest BCUT2D eigenvalue weighted by atomic mass is 16.6. The van der Waals surface area contributed by atoms with Crippen LogP contribution in [-0.4, -0.2) is 35.9 Å². The zero-order valence-electron chi connectivity index (χ0n) is 13.2. The minimum atomic E-state index is -0.331. The van der Waals surface area contributed by atoms with Crippen LogP contribution in [-0.2, 0) is 23.8 Å². The van der Waals surface area contributed by atoms with Crippen molar-refractivity contribution >= 4 is 11.9 Å². The molecule has 0 amide bonds. The molecule has 4 rings (SSSR count). The first-order valence-corrected chi connectivity index (χ1v) is 8.06. The van der Waals surface area contributed by atoms with Crippen molar-refractivity contribution in [1.82, 2.24) is 0 Å². The maximum atomic E-state index is 12.2. The first-order valence-electron chi connectivity index (χ1n) is 8.06. The summed E-state index contributed by atoms with van der Waals surface area (Å²) in [4.78, 5) is 23.6. The largest absolute Gasteiger partial charge is 0.462 e. The normalized spacial score (nSPS) is 52.2. The number of carbonyl (C=O) groups excluding carboxylic acids is 2. The summed E-state index contributed by atoms with van der Waals surface area (Å²) in [6, 6.07) is 0. The third-order valence-electron chi connectivity index (χ3n) is 6.21. The van der Waals surface area contributed by atoms with Crippen LogP contribution < -0.4 is 0 Å². The van der Waals surface area contributed by atoms with Crippen molar-refractivity contribution in [1.29, 1.82) is 0 Å². The maximum absolute atomic E-state index is 12.2. The molecule has 2 saturated heterocycles. The number of esters is 2. The van der Waals surface area contributed by atoms with Crippen LogP contribution in [0.5, 0.6) is 0 Å². The monoisotopic (exact) mass is 306 g/mol. The van der Waals surface area contributed by atoms with Crippen LogP contribution in [0.4, 0.5) is 0 Å². The number of hydrogen-bond acceptors (Lipinski definition) is 5. The average Bonchev–Trinajstić information content (AvgIpc) is 2.88. The van der Waals surface area contributed by atoms with Gasteiger partial charge >= 0.3 is 11.9 Å². The topological polar surface area (TPSA) is 65.1 Å². The van der Waals surface area contributed by atoms with E-state index in [1.54, 1.807) is 0 Å². The molecule has 4 fully saturated rings. The lowest BCUT2D eigenvalue weighted by molar-refractivity contribution is -0.151. The van der Waals surface area contributed by atoms with Crippen LogP contribution in [0.3, 0.4) is 0 Å². The zero-order chi connectivity index (χ0) is 15.8. The van der Waals surface area contributed by atoms with Crippen molar-refractivity contribution in [3.05, 3.63) is 12.2 Å². The summed E-state index contributed by atoms with van der Waals surface area (Å²) in [5, 5.41) is 0. The molecule has 5 heteroatoms. The van der Waals surface area contributed by atoms with Gasteiger partial charge in [0.1, 0.15) is 12.2 Å². The van der Waals surface area contributed by atoms with E-state index in [4.69, 9.17) is 14.2 Å². The summed E-state index contributed by atoms with van der Waals surface area (Å²) in [6.45, 7) is 9.63. The molecule has 22 heavy (non-hydrogen) atoms. The molecule has 2 aliphatic heterocycles. The third kappa shape index (κ3) is 1.75. The summed E-state index contributed by atoms with van der Waals surface area (Å²) < 4.78 is 17.2. The van der Waals surface area contributed by atoms with E-state index >= 15 is 0 Å². The van der Waals surface area contributed by atoms with Gasteiger partial charge in [-0.3, -0.25) is 9.59 Å². The first kappa shape index (κ1) is 14.2. The van der Waals surface area contributed by atoms with E-state index in [0.717, 1.165) is 12.0 Å². The SMILES string of the molecule is C=C1C[C@H](OC(C)=O)C2[C@H](OC(=O)[C@H]2C)C2C1CC1OC12C. The summed E-state index contributed by atoms with van der Waals surface area (Å²) in [5.74, 6) is -0.461. The molecule has 0 aromatic carbocycles. The van der Waals surface area contributed by atoms with Gasteiger partial charge in [0.2, 0.25) is 0 Å². The highest BCUT2D eigenvalue weighted by Crippen LogP contribution is 2.63. The lowest BCUT2D eigenvalue weighted by Gasteiger charge is -2.31. The van der Waals surface area contributed by atoms with Gasteiger partial charge in [0.25, 0.3) is 0 Å². The molecule has 0 aromatic rings. The van der Waals surface area contributed by atoms with Crippen LogP contribution in [0.1, 0.15) is 33.6 Å². The molecular formula is C17H22O5. The summed E-state index contributed by atoms with van der Waals surface area (Å²) in [5.41, 5.74) is 0.886. The average molecular weight is 306 g/mol. The van der Waals surface area contributed by atoms with Crippen molar-refractivity contribution in [3.63, 3.8) is 0 Å². The van der Waals surface area contributed by atoms with Gasteiger partial charge < -0.3 is 14.2 Å². The maximum Gasteiger partial charge on any atom is 0.309 e. The van der Waals surface area contributed by atoms with E-state index in [1.165, 1.54) is 6.92 Å². The summed E-state index contributed by atoms with van der Waals surface area (Å²) >= 11 is 0. The van der Waals surface area contributed by atoms with Gasteiger partial charge in [-0.15, -0.1) is 0 Å². The van der Waals surface area contributed by atoms with Gasteiger partial charge in [0.05, 0.1) is 17.6 Å². The van der Waals surface area contributed by atoms with E-state index in [0.29, 0.717) is 6.42 Å². The Balaban J connectivity index is 1.74. The molecule has 0 N–H and O–H groups in total. The quantitative estimate of drug-likeness (QED) is 0.420. The Morgan fingerprint density at radius 3 is 2.86 bits per heavy atom. The predicted molar refractivity (Wildman–Crippen MR) is 76.7 cm³/mol. The molecule has 0 bridgehead atoms. The molecule has 2 aliphatic carbocycles. The van der Waals surface area contributed by atoms with Crippen LogP contribution in [0.25, 0.3) is 0 Å². The van der Waals surface area contributed by atoms with Crippen molar-refractivity contribution < 1.29 is 23.8 Å². The minimum Gasteiger partial charge on any atom is -0.462 e. The molecule has 120 valence electrons. The van der Waals surface area contributed by atoms with Crippen molar-refractivity contribution in [3.8, 4) is 0 Å². The van der Waals surface area contributed by atoms with Crippen molar-refractivity contribution in [2.24, 2.45) is 23.7 Å².